The Labute approximate surface area is 192 Å². The molecule has 2 aliphatic rings. The van der Waals surface area contributed by atoms with Gasteiger partial charge in [-0.2, -0.15) is 0 Å². The van der Waals surface area contributed by atoms with Gasteiger partial charge >= 0.3 is 13.5 Å². The van der Waals surface area contributed by atoms with Gasteiger partial charge < -0.3 is 19.5 Å². The van der Waals surface area contributed by atoms with E-state index in [2.05, 4.69) is 10.9 Å². The molecule has 0 amide bonds. The third-order valence-corrected chi connectivity index (χ3v) is 6.33. The predicted molar refractivity (Wildman–Crippen MR) is 110 cm³/mol. The number of terminal acetylenes is 1. The molecule has 1 aromatic carbocycles. The number of ether oxygens (including phenoxy) is 1. The zero-order valence-corrected chi connectivity index (χ0v) is 18.2. The van der Waals surface area contributed by atoms with Gasteiger partial charge in [0.05, 0.1) is 14.9 Å². The lowest BCUT2D eigenvalue weighted by molar-refractivity contribution is -0.205. The number of hydrogen-bond acceptors (Lipinski definition) is 9. The molecule has 14 heteroatoms. The number of nitrogens with zero attached hydrogens (tertiary/aromatic N) is 1. The molecule has 1 saturated heterocycles. The lowest BCUT2D eigenvalue weighted by Crippen LogP contribution is -2.43. The highest BCUT2D eigenvalue weighted by atomic mass is 35.5. The molecule has 3 heterocycles. The summed E-state index contributed by atoms with van der Waals surface area (Å²) in [6.45, 7) is -4.09. The Kier molecular flexibility index (Phi) is 5.37. The standard InChI is InChI=1S/C18H15ClFN2O8PS/c1-2-9-6-22(17(25)21-15(9)32)16-13(23)14(24)18(20,29-16)8-28-31(26)27-7-10-5-11(19)3-4-12(10)30-31/h1,3-6,13-14,16,23-24H,7-8H2,(H,21,25,32)/t13-,14+,16-,18-,31?/m1/s1/i8D2. The smallest absolute Gasteiger partial charge is 0.404 e. The van der Waals surface area contributed by atoms with E-state index in [1.165, 1.54) is 18.2 Å². The van der Waals surface area contributed by atoms with E-state index in [1.54, 1.807) is 0 Å². The molecular formula is C18H15ClFN2O8PS. The van der Waals surface area contributed by atoms with Gasteiger partial charge in [-0.15, -0.1) is 6.42 Å². The van der Waals surface area contributed by atoms with Crippen molar-refractivity contribution in [2.75, 3.05) is 6.56 Å². The molecule has 0 saturated carbocycles. The van der Waals surface area contributed by atoms with Gasteiger partial charge in [0.15, 0.2) is 6.23 Å². The predicted octanol–water partition coefficient (Wildman–Crippen LogP) is 2.19. The highest BCUT2D eigenvalue weighted by Crippen LogP contribution is 2.56. The Balaban J connectivity index is 1.64. The van der Waals surface area contributed by atoms with Gasteiger partial charge in [-0.1, -0.05) is 29.7 Å². The van der Waals surface area contributed by atoms with Crippen LogP contribution in [0.15, 0.2) is 29.2 Å². The summed E-state index contributed by atoms with van der Waals surface area (Å²) in [5, 5.41) is 21.0. The van der Waals surface area contributed by atoms with Crippen LogP contribution in [0.4, 0.5) is 4.39 Å². The van der Waals surface area contributed by atoms with Gasteiger partial charge in [0, 0.05) is 16.8 Å². The fraction of sp³-hybridized carbons (Fsp3) is 0.333. The number of benzene rings is 1. The van der Waals surface area contributed by atoms with Crippen molar-refractivity contribution >= 4 is 31.6 Å². The summed E-state index contributed by atoms with van der Waals surface area (Å²) in [4.78, 5) is 14.5. The minimum atomic E-state index is -4.79. The van der Waals surface area contributed by atoms with Crippen LogP contribution in [0.2, 0.25) is 5.02 Å². The summed E-state index contributed by atoms with van der Waals surface area (Å²) in [6.07, 6.45) is -0.520. The molecule has 2 aromatic rings. The van der Waals surface area contributed by atoms with Crippen LogP contribution in [0.5, 0.6) is 5.75 Å². The number of nitrogens with one attached hydrogen (secondary N) is 1. The number of rotatable bonds is 4. The van der Waals surface area contributed by atoms with E-state index < -0.39 is 44.4 Å². The van der Waals surface area contributed by atoms with Crippen LogP contribution in [0.1, 0.15) is 20.1 Å². The Morgan fingerprint density at radius 2 is 2.31 bits per heavy atom. The quantitative estimate of drug-likeness (QED) is 0.324. The first-order chi connectivity index (χ1) is 15.8. The molecular weight excluding hydrogens is 490 g/mol. The van der Waals surface area contributed by atoms with E-state index in [0.717, 1.165) is 6.20 Å². The molecule has 0 bridgehead atoms. The number of aromatic amines is 1. The van der Waals surface area contributed by atoms with Crippen molar-refractivity contribution in [1.29, 1.82) is 0 Å². The van der Waals surface area contributed by atoms with E-state index in [4.69, 9.17) is 51.3 Å². The number of hydrogen-bond donors (Lipinski definition) is 3. The second kappa shape index (κ2) is 8.37. The molecule has 1 unspecified atom stereocenters. The van der Waals surface area contributed by atoms with E-state index >= 15 is 4.39 Å². The first-order valence-corrected chi connectivity index (χ1v) is 11.0. The normalized spacial score (nSPS) is 32.9. The van der Waals surface area contributed by atoms with Crippen molar-refractivity contribution in [2.45, 2.75) is 30.9 Å². The van der Waals surface area contributed by atoms with Crippen molar-refractivity contribution in [1.82, 2.24) is 9.55 Å². The van der Waals surface area contributed by atoms with Gasteiger partial charge in [0.25, 0.3) is 5.85 Å². The molecule has 5 atom stereocenters. The van der Waals surface area contributed by atoms with E-state index in [-0.39, 0.29) is 22.6 Å². The van der Waals surface area contributed by atoms with Gasteiger partial charge in [-0.25, -0.2) is 13.8 Å². The highest BCUT2D eigenvalue weighted by molar-refractivity contribution is 7.71. The Bertz CT molecular complexity index is 1370. The Morgan fingerprint density at radius 1 is 1.56 bits per heavy atom. The minimum absolute atomic E-state index is 0.0126. The molecule has 4 rings (SSSR count). The van der Waals surface area contributed by atoms with Crippen LogP contribution in [0.3, 0.4) is 0 Å². The van der Waals surface area contributed by atoms with E-state index in [0.29, 0.717) is 15.2 Å². The van der Waals surface area contributed by atoms with Crippen LogP contribution in [-0.2, 0) is 25.0 Å². The monoisotopic (exact) mass is 506 g/mol. The fourth-order valence-corrected chi connectivity index (χ4v) is 4.47. The van der Waals surface area contributed by atoms with Gasteiger partial charge in [-0.05, 0) is 18.2 Å². The molecule has 1 fully saturated rings. The summed E-state index contributed by atoms with van der Waals surface area (Å²) in [7, 11) is -4.79. The summed E-state index contributed by atoms with van der Waals surface area (Å²) in [5.41, 5.74) is -0.647. The van der Waals surface area contributed by atoms with Crippen molar-refractivity contribution in [2.24, 2.45) is 0 Å². The first kappa shape index (κ1) is 20.5. The number of phosphoric ester groups is 1. The molecule has 0 radical (unpaired) electrons. The number of aromatic nitrogens is 2. The Hall–Kier alpha value is -2.07. The van der Waals surface area contributed by atoms with Gasteiger partial charge in [0.2, 0.25) is 0 Å². The third-order valence-electron chi connectivity index (χ3n) is 4.59. The number of halogens is 2. The van der Waals surface area contributed by atoms with Crippen molar-refractivity contribution in [3.8, 4) is 18.1 Å². The molecule has 2 aliphatic heterocycles. The summed E-state index contributed by atoms with van der Waals surface area (Å²) in [6, 6.07) is 4.18. The van der Waals surface area contributed by atoms with Crippen LogP contribution in [0.25, 0.3) is 0 Å². The second-order valence-electron chi connectivity index (χ2n) is 6.70. The van der Waals surface area contributed by atoms with Crippen LogP contribution < -0.4 is 10.2 Å². The van der Waals surface area contributed by atoms with E-state index in [9.17, 15) is 19.6 Å². The van der Waals surface area contributed by atoms with Gasteiger partial charge in [-0.3, -0.25) is 18.6 Å². The number of fused-ring (bicyclic) bond motifs is 1. The molecule has 32 heavy (non-hydrogen) atoms. The molecule has 1 aromatic heterocycles. The first-order valence-electron chi connectivity index (χ1n) is 9.78. The molecule has 0 aliphatic carbocycles. The van der Waals surface area contributed by atoms with Crippen LogP contribution >= 0.6 is 31.6 Å². The maximum Gasteiger partial charge on any atom is 0.530 e. The average molecular weight is 507 g/mol. The third kappa shape index (κ3) is 4.14. The molecule has 0 spiro atoms. The zero-order valence-electron chi connectivity index (χ0n) is 17.7. The van der Waals surface area contributed by atoms with E-state index in [1.807, 2.05) is 0 Å². The minimum Gasteiger partial charge on any atom is -0.404 e. The SMILES string of the molecule is [2H]C([2H])(OP1(=O)OCc2cc(Cl)ccc2O1)[C@@]1(F)O[C@@H](n2cc(C#C)c(=S)[nH]c2=O)[C@H](O)[C@@H]1O. The molecule has 10 nitrogen and oxygen atoms in total. The maximum absolute atomic E-state index is 15.8. The lowest BCUT2D eigenvalue weighted by Gasteiger charge is -2.28. The zero-order chi connectivity index (χ0) is 25.1. The second-order valence-corrected chi connectivity index (χ2v) is 9.06. The average Bonchev–Trinajstić information content (AvgIpc) is 2.99. The maximum atomic E-state index is 15.8. The topological polar surface area (TPSA) is 132 Å². The highest BCUT2D eigenvalue weighted by Gasteiger charge is 2.57. The summed E-state index contributed by atoms with van der Waals surface area (Å²) < 4.78 is 64.9. The largest absolute Gasteiger partial charge is 0.530 e. The fourth-order valence-electron chi connectivity index (χ4n) is 2.98. The Morgan fingerprint density at radius 3 is 3.03 bits per heavy atom. The summed E-state index contributed by atoms with van der Waals surface area (Å²) in [5.74, 6) is -1.69. The number of phosphoric acid groups is 1. The van der Waals surface area contributed by atoms with Crippen molar-refractivity contribution in [3.63, 3.8) is 0 Å². The van der Waals surface area contributed by atoms with Gasteiger partial charge in [0.1, 0.15) is 29.2 Å². The van der Waals surface area contributed by atoms with Crippen molar-refractivity contribution in [3.05, 3.63) is 55.7 Å². The van der Waals surface area contributed by atoms with Crippen LogP contribution in [-0.4, -0.2) is 44.4 Å². The summed E-state index contributed by atoms with van der Waals surface area (Å²) >= 11 is 10.7. The number of H-pyrrole nitrogens is 1. The molecule has 3 N–H and O–H groups in total. The lowest BCUT2D eigenvalue weighted by atomic mass is 10.1. The molecule has 170 valence electrons. The number of aliphatic hydroxyl groups excluding tert-OH is 2. The number of aliphatic hydroxyl groups is 2. The number of alkyl halides is 1. The van der Waals surface area contributed by atoms with Crippen LogP contribution in [0, 0.1) is 17.0 Å². The van der Waals surface area contributed by atoms with Crippen molar-refractivity contribution < 1.29 is 40.2 Å².